The smallest absolute Gasteiger partial charge is 0.234 e. The van der Waals surface area contributed by atoms with Crippen LogP contribution in [0.5, 0.6) is 0 Å². The van der Waals surface area contributed by atoms with Crippen molar-refractivity contribution >= 4 is 5.91 Å². The van der Waals surface area contributed by atoms with Crippen LogP contribution in [-0.4, -0.2) is 49.1 Å². The number of hydrogen-bond acceptors (Lipinski definition) is 3. The lowest BCUT2D eigenvalue weighted by atomic mass is 9.93. The average molecular weight is 267 g/mol. The van der Waals surface area contributed by atoms with Crippen LogP contribution in [0.1, 0.15) is 40.0 Å². The summed E-state index contributed by atoms with van der Waals surface area (Å²) in [7, 11) is 0. The third kappa shape index (κ3) is 3.29. The van der Waals surface area contributed by atoms with Gasteiger partial charge in [-0.15, -0.1) is 0 Å². The molecule has 3 unspecified atom stereocenters. The van der Waals surface area contributed by atoms with E-state index in [1.165, 1.54) is 0 Å². The van der Waals surface area contributed by atoms with E-state index in [-0.39, 0.29) is 5.91 Å². The highest BCUT2D eigenvalue weighted by Gasteiger charge is 2.43. The average Bonchev–Trinajstić information content (AvgIpc) is 2.96. The first-order valence-electron chi connectivity index (χ1n) is 7.93. The zero-order valence-corrected chi connectivity index (χ0v) is 12.6. The predicted molar refractivity (Wildman–Crippen MR) is 78.0 cm³/mol. The lowest BCUT2D eigenvalue weighted by Crippen LogP contribution is -2.44. The van der Waals surface area contributed by atoms with Gasteiger partial charge in [0.05, 0.1) is 6.54 Å². The summed E-state index contributed by atoms with van der Waals surface area (Å²) >= 11 is 0. The third-order valence-corrected chi connectivity index (χ3v) is 4.94. The zero-order chi connectivity index (χ0) is 13.8. The molecule has 19 heavy (non-hydrogen) atoms. The van der Waals surface area contributed by atoms with Gasteiger partial charge in [0.15, 0.2) is 0 Å². The first-order chi connectivity index (χ1) is 9.19. The Labute approximate surface area is 117 Å². The zero-order valence-electron chi connectivity index (χ0n) is 12.6. The van der Waals surface area contributed by atoms with Gasteiger partial charge >= 0.3 is 0 Å². The summed E-state index contributed by atoms with van der Waals surface area (Å²) in [6.45, 7) is 10.5. The Hall–Kier alpha value is -0.610. The summed E-state index contributed by atoms with van der Waals surface area (Å²) in [5.41, 5.74) is 0. The molecule has 0 aromatic rings. The van der Waals surface area contributed by atoms with Crippen molar-refractivity contribution < 1.29 is 4.79 Å². The molecule has 110 valence electrons. The molecule has 2 heterocycles. The second kappa shape index (κ2) is 6.71. The standard InChI is InChI=1S/C15H29N3O/c1-4-12(5-2)17-15(19)10-18-9-11-7-16-8-13(11)14(18)6-3/h11-14,16H,4-10H2,1-3H3,(H,17,19). The largest absolute Gasteiger partial charge is 0.352 e. The number of carbonyl (C=O) groups is 1. The molecule has 0 spiro atoms. The molecule has 2 N–H and O–H groups in total. The van der Waals surface area contributed by atoms with Crippen molar-refractivity contribution in [1.82, 2.24) is 15.5 Å². The summed E-state index contributed by atoms with van der Waals surface area (Å²) < 4.78 is 0. The summed E-state index contributed by atoms with van der Waals surface area (Å²) in [4.78, 5) is 14.6. The number of fused-ring (bicyclic) bond motifs is 1. The fraction of sp³-hybridized carbons (Fsp3) is 0.933. The van der Waals surface area contributed by atoms with E-state index < -0.39 is 0 Å². The van der Waals surface area contributed by atoms with Gasteiger partial charge in [-0.2, -0.15) is 0 Å². The van der Waals surface area contributed by atoms with Gasteiger partial charge in [0.1, 0.15) is 0 Å². The van der Waals surface area contributed by atoms with E-state index in [9.17, 15) is 4.79 Å². The van der Waals surface area contributed by atoms with E-state index >= 15 is 0 Å². The van der Waals surface area contributed by atoms with Gasteiger partial charge in [0.25, 0.3) is 0 Å². The molecule has 2 aliphatic heterocycles. The van der Waals surface area contributed by atoms with Gasteiger partial charge in [-0.05, 0) is 44.2 Å². The van der Waals surface area contributed by atoms with Crippen LogP contribution >= 0.6 is 0 Å². The first kappa shape index (κ1) is 14.8. The first-order valence-corrected chi connectivity index (χ1v) is 7.93. The Morgan fingerprint density at radius 2 is 2.05 bits per heavy atom. The van der Waals surface area contributed by atoms with Crippen molar-refractivity contribution in [2.75, 3.05) is 26.2 Å². The van der Waals surface area contributed by atoms with Gasteiger partial charge < -0.3 is 10.6 Å². The molecule has 4 heteroatoms. The molecule has 2 rings (SSSR count). The van der Waals surface area contributed by atoms with Crippen molar-refractivity contribution in [3.05, 3.63) is 0 Å². The maximum Gasteiger partial charge on any atom is 0.234 e. The lowest BCUT2D eigenvalue weighted by Gasteiger charge is -2.27. The van der Waals surface area contributed by atoms with Crippen molar-refractivity contribution in [2.24, 2.45) is 11.8 Å². The van der Waals surface area contributed by atoms with Gasteiger partial charge in [0.2, 0.25) is 5.91 Å². The fourth-order valence-corrected chi connectivity index (χ4v) is 3.80. The third-order valence-electron chi connectivity index (χ3n) is 4.94. The van der Waals surface area contributed by atoms with Gasteiger partial charge in [-0.1, -0.05) is 20.8 Å². The number of hydrogen-bond donors (Lipinski definition) is 2. The van der Waals surface area contributed by atoms with Crippen LogP contribution < -0.4 is 10.6 Å². The number of nitrogens with one attached hydrogen (secondary N) is 2. The minimum absolute atomic E-state index is 0.208. The van der Waals surface area contributed by atoms with Crippen molar-refractivity contribution in [2.45, 2.75) is 52.1 Å². The highest BCUT2D eigenvalue weighted by molar-refractivity contribution is 5.78. The fourth-order valence-electron chi connectivity index (χ4n) is 3.80. The van der Waals surface area contributed by atoms with E-state index in [0.717, 1.165) is 50.7 Å². The molecule has 2 fully saturated rings. The second-order valence-corrected chi connectivity index (χ2v) is 6.07. The molecule has 0 aromatic carbocycles. The van der Waals surface area contributed by atoms with E-state index in [1.807, 2.05) is 0 Å². The van der Waals surface area contributed by atoms with Crippen molar-refractivity contribution in [1.29, 1.82) is 0 Å². The topological polar surface area (TPSA) is 44.4 Å². The molecule has 0 aromatic heterocycles. The number of carbonyl (C=O) groups excluding carboxylic acids is 1. The van der Waals surface area contributed by atoms with E-state index in [0.29, 0.717) is 18.6 Å². The van der Waals surface area contributed by atoms with E-state index in [2.05, 4.69) is 36.3 Å². The normalized spacial score (nSPS) is 30.8. The summed E-state index contributed by atoms with van der Waals surface area (Å²) in [5, 5.41) is 6.64. The molecule has 0 saturated carbocycles. The lowest BCUT2D eigenvalue weighted by molar-refractivity contribution is -0.123. The van der Waals surface area contributed by atoms with Crippen LogP contribution in [0.2, 0.25) is 0 Å². The van der Waals surface area contributed by atoms with Crippen LogP contribution in [0.25, 0.3) is 0 Å². The number of rotatable bonds is 6. The molecule has 0 aliphatic carbocycles. The van der Waals surface area contributed by atoms with E-state index in [4.69, 9.17) is 0 Å². The van der Waals surface area contributed by atoms with Gasteiger partial charge in [-0.25, -0.2) is 0 Å². The minimum atomic E-state index is 0.208. The molecule has 0 bridgehead atoms. The predicted octanol–water partition coefficient (Wildman–Crippen LogP) is 1.22. The van der Waals surface area contributed by atoms with Gasteiger partial charge in [0, 0.05) is 18.6 Å². The summed E-state index contributed by atoms with van der Waals surface area (Å²) in [6, 6.07) is 0.934. The number of amides is 1. The van der Waals surface area contributed by atoms with Crippen LogP contribution in [0.4, 0.5) is 0 Å². The van der Waals surface area contributed by atoms with Crippen LogP contribution in [-0.2, 0) is 4.79 Å². The molecule has 0 radical (unpaired) electrons. The molecular weight excluding hydrogens is 238 g/mol. The minimum Gasteiger partial charge on any atom is -0.352 e. The van der Waals surface area contributed by atoms with E-state index in [1.54, 1.807) is 0 Å². The Morgan fingerprint density at radius 3 is 2.68 bits per heavy atom. The molecule has 2 aliphatic rings. The molecule has 3 atom stereocenters. The van der Waals surface area contributed by atoms with Crippen LogP contribution in [0.15, 0.2) is 0 Å². The van der Waals surface area contributed by atoms with Crippen molar-refractivity contribution in [3.63, 3.8) is 0 Å². The molecule has 1 amide bonds. The van der Waals surface area contributed by atoms with Crippen LogP contribution in [0.3, 0.4) is 0 Å². The molecule has 2 saturated heterocycles. The SMILES string of the molecule is CCC(CC)NC(=O)CN1CC2CNCC2C1CC. The monoisotopic (exact) mass is 267 g/mol. The van der Waals surface area contributed by atoms with Gasteiger partial charge in [-0.3, -0.25) is 9.69 Å². The molecular formula is C15H29N3O. The quantitative estimate of drug-likeness (QED) is 0.760. The number of nitrogens with zero attached hydrogens (tertiary/aromatic N) is 1. The van der Waals surface area contributed by atoms with Crippen molar-refractivity contribution in [3.8, 4) is 0 Å². The van der Waals surface area contributed by atoms with Crippen LogP contribution in [0, 0.1) is 11.8 Å². The highest BCUT2D eigenvalue weighted by Crippen LogP contribution is 2.33. The summed E-state index contributed by atoms with van der Waals surface area (Å²) in [5.74, 6) is 1.72. The summed E-state index contributed by atoms with van der Waals surface area (Å²) in [6.07, 6.45) is 3.20. The Kier molecular flexibility index (Phi) is 5.22. The maximum absolute atomic E-state index is 12.1. The Morgan fingerprint density at radius 1 is 1.32 bits per heavy atom. The number of likely N-dealkylation sites (tertiary alicyclic amines) is 1. The maximum atomic E-state index is 12.1. The Bertz CT molecular complexity index is 304. The second-order valence-electron chi connectivity index (χ2n) is 6.07. The Balaban J connectivity index is 1.86. The highest BCUT2D eigenvalue weighted by atomic mass is 16.2. The molecule has 4 nitrogen and oxygen atoms in total.